The Morgan fingerprint density at radius 3 is 2.38 bits per heavy atom. The molecule has 1 aromatic carbocycles. The molecular weight excluding hydrogens is 299 g/mol. The molecule has 1 fully saturated rings. The smallest absolute Gasteiger partial charge is 0.299 e. The van der Waals surface area contributed by atoms with Gasteiger partial charge in [0.25, 0.3) is 0 Å². The van der Waals surface area contributed by atoms with Gasteiger partial charge in [-0.15, -0.1) is 0 Å². The molecule has 0 aromatic heterocycles. The summed E-state index contributed by atoms with van der Waals surface area (Å²) in [4.78, 5) is 2.19. The Morgan fingerprint density at radius 2 is 1.86 bits per heavy atom. The molecule has 0 amide bonds. The number of nitrogens with zero attached hydrogens (tertiary/aromatic N) is 1. The summed E-state index contributed by atoms with van der Waals surface area (Å²) in [6, 6.07) is 3.56. The quantitative estimate of drug-likeness (QED) is 0.737. The molecule has 1 heterocycles. The van der Waals surface area contributed by atoms with E-state index in [1.54, 1.807) is 0 Å². The molecule has 0 bridgehead atoms. The van der Waals surface area contributed by atoms with E-state index >= 15 is 0 Å². The third-order valence-corrected chi connectivity index (χ3v) is 4.71. The predicted molar refractivity (Wildman–Crippen MR) is 79.3 cm³/mol. The van der Waals surface area contributed by atoms with E-state index < -0.39 is 11.7 Å². The molecule has 1 aliphatic heterocycles. The number of alkyl halides is 3. The van der Waals surface area contributed by atoms with Crippen LogP contribution >= 0.6 is 11.6 Å². The molecule has 1 aliphatic rings. The Balaban J connectivity index is 2.03. The molecule has 0 unspecified atom stereocenters. The zero-order valence-electron chi connectivity index (χ0n) is 12.4. The molecule has 0 aliphatic carbocycles. The Kier molecular flexibility index (Phi) is 5.20. The molecular formula is C16H21ClF3N. The fraction of sp³-hybridized carbons (Fsp3) is 0.625. The van der Waals surface area contributed by atoms with Crippen LogP contribution in [0.1, 0.15) is 37.8 Å². The molecule has 1 saturated heterocycles. The molecule has 0 N–H and O–H groups in total. The summed E-state index contributed by atoms with van der Waals surface area (Å²) in [5, 5.41) is 0.411. The van der Waals surface area contributed by atoms with Crippen molar-refractivity contribution in [1.82, 2.24) is 4.90 Å². The van der Waals surface area contributed by atoms with Crippen LogP contribution < -0.4 is 0 Å². The minimum Gasteiger partial charge on any atom is -0.299 e. The van der Waals surface area contributed by atoms with E-state index in [9.17, 15) is 13.2 Å². The molecule has 2 rings (SSSR count). The Labute approximate surface area is 129 Å². The number of rotatable bonds is 3. The van der Waals surface area contributed by atoms with Gasteiger partial charge in [0.15, 0.2) is 0 Å². The van der Waals surface area contributed by atoms with Crippen molar-refractivity contribution in [3.63, 3.8) is 0 Å². The van der Waals surface area contributed by atoms with Gasteiger partial charge in [-0.05, 0) is 61.5 Å². The number of benzene rings is 1. The lowest BCUT2D eigenvalue weighted by molar-refractivity contribution is -0.137. The largest absolute Gasteiger partial charge is 0.416 e. The number of likely N-dealkylation sites (tertiary alicyclic amines) is 1. The molecule has 5 heteroatoms. The van der Waals surface area contributed by atoms with Crippen molar-refractivity contribution in [3.05, 3.63) is 34.3 Å². The van der Waals surface area contributed by atoms with E-state index in [1.807, 2.05) is 0 Å². The molecule has 0 saturated carbocycles. The van der Waals surface area contributed by atoms with E-state index in [0.717, 1.165) is 37.9 Å². The second-order valence-corrected chi connectivity index (χ2v) is 6.57. The summed E-state index contributed by atoms with van der Waals surface area (Å²) in [6.07, 6.45) is -2.10. The Morgan fingerprint density at radius 1 is 1.24 bits per heavy atom. The standard InChI is InChI=1S/C16H21ClF3N/c1-11(2)12-5-7-21(8-6-12)10-13-9-14(16(18,19)20)3-4-15(13)17/h3-4,9,11-12H,5-8,10H2,1-2H3. The van der Waals surface area contributed by atoms with Crippen molar-refractivity contribution in [3.8, 4) is 0 Å². The summed E-state index contributed by atoms with van der Waals surface area (Å²) in [6.45, 7) is 6.80. The highest BCUT2D eigenvalue weighted by Gasteiger charge is 2.31. The molecule has 1 nitrogen and oxygen atoms in total. The van der Waals surface area contributed by atoms with Crippen LogP contribution in [0, 0.1) is 11.8 Å². The molecule has 0 spiro atoms. The maximum atomic E-state index is 12.8. The second-order valence-electron chi connectivity index (χ2n) is 6.16. The summed E-state index contributed by atoms with van der Waals surface area (Å²) in [5.74, 6) is 1.39. The SMILES string of the molecule is CC(C)C1CCN(Cc2cc(C(F)(F)F)ccc2Cl)CC1. The lowest BCUT2D eigenvalue weighted by Gasteiger charge is -2.34. The number of hydrogen-bond donors (Lipinski definition) is 0. The first kappa shape index (κ1) is 16.6. The second kappa shape index (κ2) is 6.57. The Hall–Kier alpha value is -0.740. The van der Waals surface area contributed by atoms with Crippen LogP contribution in [0.3, 0.4) is 0 Å². The number of halogens is 4. The van der Waals surface area contributed by atoms with Crippen LogP contribution in [-0.2, 0) is 12.7 Å². The van der Waals surface area contributed by atoms with E-state index in [1.165, 1.54) is 12.1 Å². The molecule has 118 valence electrons. The average Bonchev–Trinajstić information content (AvgIpc) is 2.40. The van der Waals surface area contributed by atoms with E-state index in [4.69, 9.17) is 11.6 Å². The molecule has 1 aromatic rings. The first-order valence-corrected chi connectivity index (χ1v) is 7.73. The topological polar surface area (TPSA) is 3.24 Å². The van der Waals surface area contributed by atoms with E-state index in [2.05, 4.69) is 18.7 Å². The molecule has 0 atom stereocenters. The van der Waals surface area contributed by atoms with Gasteiger partial charge < -0.3 is 0 Å². The highest BCUT2D eigenvalue weighted by atomic mass is 35.5. The van der Waals surface area contributed by atoms with Gasteiger partial charge in [0.05, 0.1) is 5.56 Å². The van der Waals surface area contributed by atoms with Crippen LogP contribution in [0.5, 0.6) is 0 Å². The van der Waals surface area contributed by atoms with Crippen molar-refractivity contribution in [2.24, 2.45) is 11.8 Å². The fourth-order valence-corrected chi connectivity index (χ4v) is 3.07. The summed E-state index contributed by atoms with van der Waals surface area (Å²) < 4.78 is 38.3. The van der Waals surface area contributed by atoms with Gasteiger partial charge in [-0.3, -0.25) is 4.90 Å². The summed E-state index contributed by atoms with van der Waals surface area (Å²) in [7, 11) is 0. The van der Waals surface area contributed by atoms with Crippen molar-refractivity contribution >= 4 is 11.6 Å². The van der Waals surface area contributed by atoms with Gasteiger partial charge in [-0.25, -0.2) is 0 Å². The fourth-order valence-electron chi connectivity index (χ4n) is 2.89. The monoisotopic (exact) mass is 319 g/mol. The minimum atomic E-state index is -4.32. The number of piperidine rings is 1. The van der Waals surface area contributed by atoms with Crippen LogP contribution in [0.25, 0.3) is 0 Å². The maximum Gasteiger partial charge on any atom is 0.416 e. The van der Waals surface area contributed by atoms with Crippen LogP contribution in [-0.4, -0.2) is 18.0 Å². The molecule has 21 heavy (non-hydrogen) atoms. The third-order valence-electron chi connectivity index (χ3n) is 4.34. The highest BCUT2D eigenvalue weighted by molar-refractivity contribution is 6.31. The normalized spacial score (nSPS) is 18.4. The molecule has 0 radical (unpaired) electrons. The maximum absolute atomic E-state index is 12.8. The van der Waals surface area contributed by atoms with E-state index in [-0.39, 0.29) is 0 Å². The van der Waals surface area contributed by atoms with Gasteiger partial charge >= 0.3 is 6.18 Å². The third kappa shape index (κ3) is 4.36. The van der Waals surface area contributed by atoms with E-state index in [0.29, 0.717) is 23.0 Å². The summed E-state index contributed by atoms with van der Waals surface area (Å²) in [5.41, 5.74) is -0.0616. The Bertz CT molecular complexity index is 477. The van der Waals surface area contributed by atoms with Crippen LogP contribution in [0.15, 0.2) is 18.2 Å². The minimum absolute atomic E-state index is 0.411. The van der Waals surface area contributed by atoms with Crippen molar-refractivity contribution in [2.45, 2.75) is 39.4 Å². The van der Waals surface area contributed by atoms with Gasteiger partial charge in [0.1, 0.15) is 0 Å². The van der Waals surface area contributed by atoms with Crippen molar-refractivity contribution in [1.29, 1.82) is 0 Å². The van der Waals surface area contributed by atoms with Gasteiger partial charge in [0.2, 0.25) is 0 Å². The first-order valence-electron chi connectivity index (χ1n) is 7.35. The summed E-state index contributed by atoms with van der Waals surface area (Å²) >= 11 is 6.05. The predicted octanol–water partition coefficient (Wildman–Crippen LogP) is 5.23. The van der Waals surface area contributed by atoms with Crippen molar-refractivity contribution in [2.75, 3.05) is 13.1 Å². The zero-order valence-corrected chi connectivity index (χ0v) is 13.1. The lowest BCUT2D eigenvalue weighted by Crippen LogP contribution is -2.34. The van der Waals surface area contributed by atoms with Crippen LogP contribution in [0.4, 0.5) is 13.2 Å². The zero-order chi connectivity index (χ0) is 15.6. The average molecular weight is 320 g/mol. The van der Waals surface area contributed by atoms with Crippen LogP contribution in [0.2, 0.25) is 5.02 Å². The highest BCUT2D eigenvalue weighted by Crippen LogP contribution is 2.33. The van der Waals surface area contributed by atoms with Gasteiger partial charge in [-0.2, -0.15) is 13.2 Å². The van der Waals surface area contributed by atoms with Crippen molar-refractivity contribution < 1.29 is 13.2 Å². The van der Waals surface area contributed by atoms with Gasteiger partial charge in [0, 0.05) is 11.6 Å². The van der Waals surface area contributed by atoms with Gasteiger partial charge in [-0.1, -0.05) is 25.4 Å². The number of hydrogen-bond acceptors (Lipinski definition) is 1. The first-order chi connectivity index (χ1) is 9.77. The lowest BCUT2D eigenvalue weighted by atomic mass is 9.86.